The number of hydrogen-bond acceptors (Lipinski definition) is 3. The number of sulfonamides is 1. The molecule has 0 aliphatic carbocycles. The van der Waals surface area contributed by atoms with E-state index in [1.165, 1.54) is 25.2 Å². The molecule has 1 heterocycles. The van der Waals surface area contributed by atoms with E-state index in [0.717, 1.165) is 21.3 Å². The molecular formula is C16H19ClFN3O2S. The second kappa shape index (κ2) is 7.04. The summed E-state index contributed by atoms with van der Waals surface area (Å²) in [5, 5.41) is 4.14. The molecule has 0 saturated carbocycles. The first kappa shape index (κ1) is 18.6. The molecule has 24 heavy (non-hydrogen) atoms. The van der Waals surface area contributed by atoms with Gasteiger partial charge in [-0.1, -0.05) is 23.7 Å². The summed E-state index contributed by atoms with van der Waals surface area (Å²) in [6.45, 7) is 7.96. The highest BCUT2D eigenvalue weighted by molar-refractivity contribution is 7.89. The van der Waals surface area contributed by atoms with Crippen LogP contribution in [0, 0.1) is 19.7 Å². The van der Waals surface area contributed by atoms with Gasteiger partial charge in [-0.05, 0) is 26.0 Å². The van der Waals surface area contributed by atoms with Crippen molar-refractivity contribution in [3.05, 3.63) is 58.6 Å². The summed E-state index contributed by atoms with van der Waals surface area (Å²) in [5.41, 5.74) is 2.36. The SMILES string of the molecule is C=CCn1nc(C)c(CN(C)S(=O)(=O)c2cccc(Cl)c2F)c1C. The van der Waals surface area contributed by atoms with E-state index in [9.17, 15) is 12.8 Å². The van der Waals surface area contributed by atoms with Gasteiger partial charge in [0.25, 0.3) is 0 Å². The molecule has 0 N–H and O–H groups in total. The molecule has 0 aliphatic heterocycles. The molecule has 0 aliphatic rings. The first-order chi connectivity index (χ1) is 11.2. The van der Waals surface area contributed by atoms with Crippen LogP contribution in [0.3, 0.4) is 0 Å². The highest BCUT2D eigenvalue weighted by atomic mass is 35.5. The van der Waals surface area contributed by atoms with Crippen molar-refractivity contribution in [2.75, 3.05) is 7.05 Å². The lowest BCUT2D eigenvalue weighted by molar-refractivity contribution is 0.458. The lowest BCUT2D eigenvalue weighted by Crippen LogP contribution is -2.27. The van der Waals surface area contributed by atoms with Crippen LogP contribution in [-0.4, -0.2) is 29.6 Å². The summed E-state index contributed by atoms with van der Waals surface area (Å²) >= 11 is 5.69. The normalized spacial score (nSPS) is 11.9. The molecule has 2 aromatic rings. The zero-order valence-electron chi connectivity index (χ0n) is 13.8. The molecule has 0 fully saturated rings. The van der Waals surface area contributed by atoms with Crippen LogP contribution in [0.25, 0.3) is 0 Å². The fraction of sp³-hybridized carbons (Fsp3) is 0.312. The van der Waals surface area contributed by atoms with Gasteiger partial charge in [0.05, 0.1) is 17.3 Å². The third kappa shape index (κ3) is 3.38. The maximum atomic E-state index is 14.1. The number of nitrogens with zero attached hydrogens (tertiary/aromatic N) is 3. The number of halogens is 2. The zero-order chi connectivity index (χ0) is 18.1. The monoisotopic (exact) mass is 371 g/mol. The van der Waals surface area contributed by atoms with E-state index in [4.69, 9.17) is 11.6 Å². The van der Waals surface area contributed by atoms with Gasteiger partial charge < -0.3 is 0 Å². The van der Waals surface area contributed by atoms with Gasteiger partial charge in [-0.3, -0.25) is 4.68 Å². The first-order valence-electron chi connectivity index (χ1n) is 7.24. The minimum Gasteiger partial charge on any atom is -0.265 e. The van der Waals surface area contributed by atoms with Gasteiger partial charge in [-0.15, -0.1) is 6.58 Å². The van der Waals surface area contributed by atoms with Crippen molar-refractivity contribution in [3.63, 3.8) is 0 Å². The van der Waals surface area contributed by atoms with Crippen molar-refractivity contribution in [1.82, 2.24) is 14.1 Å². The molecule has 0 saturated heterocycles. The van der Waals surface area contributed by atoms with E-state index in [-0.39, 0.29) is 11.6 Å². The van der Waals surface area contributed by atoms with Gasteiger partial charge in [0.2, 0.25) is 10.0 Å². The lowest BCUT2D eigenvalue weighted by Gasteiger charge is -2.18. The van der Waals surface area contributed by atoms with Crippen LogP contribution in [0.4, 0.5) is 4.39 Å². The van der Waals surface area contributed by atoms with E-state index in [1.54, 1.807) is 10.8 Å². The summed E-state index contributed by atoms with van der Waals surface area (Å²) in [7, 11) is -2.61. The Balaban J connectivity index is 2.37. The Hall–Kier alpha value is -1.70. The minimum absolute atomic E-state index is 0.0864. The molecule has 0 amide bonds. The van der Waals surface area contributed by atoms with Gasteiger partial charge in [0.15, 0.2) is 5.82 Å². The molecule has 0 radical (unpaired) electrons. The highest BCUT2D eigenvalue weighted by Crippen LogP contribution is 2.26. The van der Waals surface area contributed by atoms with Crippen molar-refractivity contribution in [2.45, 2.75) is 31.8 Å². The Morgan fingerprint density at radius 2 is 2.08 bits per heavy atom. The van der Waals surface area contributed by atoms with Crippen molar-refractivity contribution in [2.24, 2.45) is 0 Å². The van der Waals surface area contributed by atoms with Crippen molar-refractivity contribution in [3.8, 4) is 0 Å². The Bertz CT molecular complexity index is 878. The second-order valence-corrected chi connectivity index (χ2v) is 7.85. The smallest absolute Gasteiger partial charge is 0.246 e. The number of aromatic nitrogens is 2. The number of benzene rings is 1. The average Bonchev–Trinajstić information content (AvgIpc) is 2.77. The molecule has 8 heteroatoms. The standard InChI is InChI=1S/C16H19ClFN3O2S/c1-5-9-21-12(3)13(11(2)19-21)10-20(4)24(22,23)15-8-6-7-14(17)16(15)18/h5-8H,1,9-10H2,2-4H3. The van der Waals surface area contributed by atoms with E-state index in [2.05, 4.69) is 11.7 Å². The molecule has 130 valence electrons. The van der Waals surface area contributed by atoms with Crippen LogP contribution in [0.2, 0.25) is 5.02 Å². The zero-order valence-corrected chi connectivity index (χ0v) is 15.3. The highest BCUT2D eigenvalue weighted by Gasteiger charge is 2.27. The number of hydrogen-bond donors (Lipinski definition) is 0. The van der Waals surface area contributed by atoms with Gasteiger partial charge in [-0.25, -0.2) is 12.8 Å². The average molecular weight is 372 g/mol. The maximum Gasteiger partial charge on any atom is 0.246 e. The Labute approximate surface area is 146 Å². The van der Waals surface area contributed by atoms with Crippen LogP contribution in [0.15, 0.2) is 35.7 Å². The minimum atomic E-state index is -4.01. The van der Waals surface area contributed by atoms with Crippen molar-refractivity contribution >= 4 is 21.6 Å². The largest absolute Gasteiger partial charge is 0.265 e. The summed E-state index contributed by atoms with van der Waals surface area (Å²) in [6, 6.07) is 3.92. The molecule has 5 nitrogen and oxygen atoms in total. The third-order valence-corrected chi connectivity index (χ3v) is 5.93. The van der Waals surface area contributed by atoms with Crippen molar-refractivity contribution < 1.29 is 12.8 Å². The van der Waals surface area contributed by atoms with Crippen LogP contribution in [0.1, 0.15) is 17.0 Å². The van der Waals surface area contributed by atoms with Crippen molar-refractivity contribution in [1.29, 1.82) is 0 Å². The van der Waals surface area contributed by atoms with Gasteiger partial charge in [-0.2, -0.15) is 9.40 Å². The Morgan fingerprint density at radius 1 is 1.42 bits per heavy atom. The summed E-state index contributed by atoms with van der Waals surface area (Å²) in [5.74, 6) is -0.943. The van der Waals surface area contributed by atoms with Gasteiger partial charge in [0, 0.05) is 24.8 Å². The van der Waals surface area contributed by atoms with Crippen LogP contribution in [-0.2, 0) is 23.1 Å². The molecule has 1 aromatic carbocycles. The van der Waals surface area contributed by atoms with E-state index in [0.29, 0.717) is 6.54 Å². The van der Waals surface area contributed by atoms with Gasteiger partial charge >= 0.3 is 0 Å². The van der Waals surface area contributed by atoms with Gasteiger partial charge in [0.1, 0.15) is 4.90 Å². The van der Waals surface area contributed by atoms with E-state index in [1.807, 2.05) is 13.8 Å². The molecular weight excluding hydrogens is 353 g/mol. The molecule has 0 atom stereocenters. The molecule has 2 rings (SSSR count). The molecule has 0 unspecified atom stereocenters. The third-order valence-electron chi connectivity index (χ3n) is 3.82. The predicted molar refractivity (Wildman–Crippen MR) is 92.0 cm³/mol. The lowest BCUT2D eigenvalue weighted by atomic mass is 10.2. The fourth-order valence-electron chi connectivity index (χ4n) is 2.42. The fourth-order valence-corrected chi connectivity index (χ4v) is 3.87. The van der Waals surface area contributed by atoms with Crippen LogP contribution >= 0.6 is 11.6 Å². The number of allylic oxidation sites excluding steroid dienone is 1. The molecule has 0 spiro atoms. The number of rotatable bonds is 6. The van der Waals surface area contributed by atoms with E-state index >= 15 is 0 Å². The first-order valence-corrected chi connectivity index (χ1v) is 9.06. The molecule has 0 bridgehead atoms. The topological polar surface area (TPSA) is 55.2 Å². The summed E-state index contributed by atoms with van der Waals surface area (Å²) in [4.78, 5) is -0.439. The predicted octanol–water partition coefficient (Wildman–Crippen LogP) is 3.30. The number of aryl methyl sites for hydroxylation is 1. The maximum absolute atomic E-state index is 14.1. The summed E-state index contributed by atoms with van der Waals surface area (Å²) < 4.78 is 42.2. The van der Waals surface area contributed by atoms with Crippen LogP contribution in [0.5, 0.6) is 0 Å². The quantitative estimate of drug-likeness (QED) is 0.732. The Kier molecular flexibility index (Phi) is 5.47. The summed E-state index contributed by atoms with van der Waals surface area (Å²) in [6.07, 6.45) is 1.71. The van der Waals surface area contributed by atoms with Crippen LogP contribution < -0.4 is 0 Å². The molecule has 1 aromatic heterocycles. The second-order valence-electron chi connectivity index (χ2n) is 5.43. The van der Waals surface area contributed by atoms with E-state index < -0.39 is 20.7 Å². The Morgan fingerprint density at radius 3 is 2.71 bits per heavy atom.